The number of hydrogen-bond acceptors (Lipinski definition) is 3. The minimum atomic E-state index is -4.56. The lowest BCUT2D eigenvalue weighted by molar-refractivity contribution is -0.141. The normalized spacial score (nSPS) is 13.4. The molecule has 1 amide bonds. The van der Waals surface area contributed by atoms with Crippen LogP contribution in [-0.2, 0) is 17.4 Å². The minimum absolute atomic E-state index is 0.170. The number of carbonyl (C=O) groups excluding carboxylic acids is 1. The SMILES string of the molecule is CNC(=O)C(N[C@@H](CCc1ccc(C(F)(F)F)nc1)c1ccc(F)c(C)c1)c1ccc(F)c(F)c1. The molecule has 186 valence electrons. The summed E-state index contributed by atoms with van der Waals surface area (Å²) < 4.78 is 79.6. The van der Waals surface area contributed by atoms with Gasteiger partial charge in [0.25, 0.3) is 0 Å². The van der Waals surface area contributed by atoms with E-state index in [1.165, 1.54) is 31.3 Å². The van der Waals surface area contributed by atoms with Gasteiger partial charge in [0.05, 0.1) is 0 Å². The van der Waals surface area contributed by atoms with E-state index in [2.05, 4.69) is 15.6 Å². The molecule has 4 nitrogen and oxygen atoms in total. The molecular formula is C25H23F6N3O. The summed E-state index contributed by atoms with van der Waals surface area (Å²) in [5, 5.41) is 5.59. The molecule has 35 heavy (non-hydrogen) atoms. The summed E-state index contributed by atoms with van der Waals surface area (Å²) >= 11 is 0. The number of benzene rings is 2. The molecule has 0 bridgehead atoms. The predicted molar refractivity (Wildman–Crippen MR) is 118 cm³/mol. The molecule has 0 spiro atoms. The maximum atomic E-state index is 13.9. The van der Waals surface area contributed by atoms with Crippen LogP contribution in [0.1, 0.15) is 46.5 Å². The van der Waals surface area contributed by atoms with Crippen LogP contribution >= 0.6 is 0 Å². The van der Waals surface area contributed by atoms with E-state index >= 15 is 0 Å². The smallest absolute Gasteiger partial charge is 0.358 e. The molecule has 3 aromatic rings. The van der Waals surface area contributed by atoms with Gasteiger partial charge in [0, 0.05) is 19.3 Å². The Morgan fingerprint density at radius 1 is 0.943 bits per heavy atom. The fourth-order valence-electron chi connectivity index (χ4n) is 3.64. The lowest BCUT2D eigenvalue weighted by Crippen LogP contribution is -2.38. The van der Waals surface area contributed by atoms with E-state index < -0.39 is 47.3 Å². The van der Waals surface area contributed by atoms with E-state index in [4.69, 9.17) is 0 Å². The molecule has 1 aromatic heterocycles. The molecule has 1 heterocycles. The Labute approximate surface area is 198 Å². The molecule has 0 fully saturated rings. The second kappa shape index (κ2) is 10.9. The van der Waals surface area contributed by atoms with Crippen molar-refractivity contribution < 1.29 is 31.1 Å². The van der Waals surface area contributed by atoms with Gasteiger partial charge in [0.2, 0.25) is 5.91 Å². The second-order valence-electron chi connectivity index (χ2n) is 8.04. The van der Waals surface area contributed by atoms with E-state index in [0.29, 0.717) is 16.7 Å². The van der Waals surface area contributed by atoms with Crippen LogP contribution in [0.3, 0.4) is 0 Å². The zero-order valence-electron chi connectivity index (χ0n) is 18.9. The maximum absolute atomic E-state index is 13.9. The Morgan fingerprint density at radius 2 is 1.63 bits per heavy atom. The first-order valence-corrected chi connectivity index (χ1v) is 10.7. The molecule has 3 rings (SSSR count). The molecule has 0 aliphatic carbocycles. The van der Waals surface area contributed by atoms with Crippen LogP contribution in [0.15, 0.2) is 54.7 Å². The molecule has 0 radical (unpaired) electrons. The third-order valence-electron chi connectivity index (χ3n) is 5.57. The highest BCUT2D eigenvalue weighted by Crippen LogP contribution is 2.29. The molecule has 10 heteroatoms. The van der Waals surface area contributed by atoms with Crippen molar-refractivity contribution in [1.29, 1.82) is 0 Å². The standard InChI is InChI=1S/C25H23F6N3O/c1-14-11-16(5-7-18(14)26)21(9-3-15-4-10-22(33-13-15)25(29,30)31)34-23(24(35)32-2)17-6-8-19(27)20(28)12-17/h4-8,10-13,21,23,34H,3,9H2,1-2H3,(H,32,35)/t21-,23?/m0/s1. The average Bonchev–Trinajstić information content (AvgIpc) is 2.82. The third kappa shape index (κ3) is 6.60. The largest absolute Gasteiger partial charge is 0.433 e. The van der Waals surface area contributed by atoms with Gasteiger partial charge in [-0.25, -0.2) is 13.2 Å². The number of likely N-dealkylation sites (N-methyl/N-ethyl adjacent to an activating group) is 1. The summed E-state index contributed by atoms with van der Waals surface area (Å²) in [5.41, 5.74) is 0.648. The summed E-state index contributed by atoms with van der Waals surface area (Å²) in [6.45, 7) is 1.57. The van der Waals surface area contributed by atoms with Crippen molar-refractivity contribution in [2.24, 2.45) is 0 Å². The van der Waals surface area contributed by atoms with Gasteiger partial charge in [-0.3, -0.25) is 15.1 Å². The number of pyridine rings is 1. The third-order valence-corrected chi connectivity index (χ3v) is 5.57. The van der Waals surface area contributed by atoms with E-state index in [9.17, 15) is 31.1 Å². The number of nitrogens with zero attached hydrogens (tertiary/aromatic N) is 1. The van der Waals surface area contributed by atoms with Gasteiger partial charge in [0.15, 0.2) is 11.6 Å². The fraction of sp³-hybridized carbons (Fsp3) is 0.280. The average molecular weight is 495 g/mol. The molecule has 2 atom stereocenters. The Balaban J connectivity index is 1.91. The van der Waals surface area contributed by atoms with Crippen molar-refractivity contribution in [3.63, 3.8) is 0 Å². The Morgan fingerprint density at radius 3 is 2.20 bits per heavy atom. The van der Waals surface area contributed by atoms with E-state index in [-0.39, 0.29) is 18.4 Å². The highest BCUT2D eigenvalue weighted by Gasteiger charge is 2.32. The van der Waals surface area contributed by atoms with Crippen LogP contribution in [0.2, 0.25) is 0 Å². The molecule has 1 unspecified atom stereocenters. The van der Waals surface area contributed by atoms with Crippen molar-refractivity contribution >= 4 is 5.91 Å². The lowest BCUT2D eigenvalue weighted by Gasteiger charge is -2.26. The van der Waals surface area contributed by atoms with Gasteiger partial charge >= 0.3 is 6.18 Å². The Hall–Kier alpha value is -3.40. The summed E-state index contributed by atoms with van der Waals surface area (Å²) in [6, 6.07) is 8.00. The van der Waals surface area contributed by atoms with Gasteiger partial charge in [-0.05, 0) is 66.3 Å². The zero-order valence-corrected chi connectivity index (χ0v) is 18.9. The van der Waals surface area contributed by atoms with Crippen LogP contribution in [-0.4, -0.2) is 17.9 Å². The summed E-state index contributed by atoms with van der Waals surface area (Å²) in [6.07, 6.45) is -2.87. The topological polar surface area (TPSA) is 54.0 Å². The number of hydrogen-bond donors (Lipinski definition) is 2. The zero-order chi connectivity index (χ0) is 25.8. The molecule has 0 aliphatic heterocycles. The molecule has 2 N–H and O–H groups in total. The van der Waals surface area contributed by atoms with Crippen molar-refractivity contribution in [2.45, 2.75) is 38.0 Å². The number of carbonyl (C=O) groups is 1. The number of aryl methyl sites for hydroxylation is 2. The quantitative estimate of drug-likeness (QED) is 0.402. The van der Waals surface area contributed by atoms with E-state index in [1.807, 2.05) is 0 Å². The molecular weight excluding hydrogens is 472 g/mol. The Kier molecular flexibility index (Phi) is 8.16. The van der Waals surface area contributed by atoms with Gasteiger partial charge in [-0.15, -0.1) is 0 Å². The van der Waals surface area contributed by atoms with Crippen molar-refractivity contribution in [3.05, 3.63) is 100 Å². The highest BCUT2D eigenvalue weighted by molar-refractivity contribution is 5.83. The lowest BCUT2D eigenvalue weighted by atomic mass is 9.95. The summed E-state index contributed by atoms with van der Waals surface area (Å²) in [4.78, 5) is 16.1. The van der Waals surface area contributed by atoms with Gasteiger partial charge in [-0.2, -0.15) is 13.2 Å². The van der Waals surface area contributed by atoms with Crippen LogP contribution in [0, 0.1) is 24.4 Å². The first-order chi connectivity index (χ1) is 16.5. The predicted octanol–water partition coefficient (Wildman–Crippen LogP) is 5.58. The molecule has 2 aromatic carbocycles. The van der Waals surface area contributed by atoms with Crippen molar-refractivity contribution in [2.75, 3.05) is 7.05 Å². The van der Waals surface area contributed by atoms with Crippen LogP contribution < -0.4 is 10.6 Å². The number of rotatable bonds is 8. The monoisotopic (exact) mass is 495 g/mol. The highest BCUT2D eigenvalue weighted by atomic mass is 19.4. The van der Waals surface area contributed by atoms with Crippen LogP contribution in [0.25, 0.3) is 0 Å². The Bertz CT molecular complexity index is 1180. The number of halogens is 6. The molecule has 0 saturated heterocycles. The minimum Gasteiger partial charge on any atom is -0.358 e. The van der Waals surface area contributed by atoms with E-state index in [1.54, 1.807) is 13.0 Å². The number of nitrogens with one attached hydrogen (secondary N) is 2. The number of aromatic nitrogens is 1. The first kappa shape index (κ1) is 26.2. The van der Waals surface area contributed by atoms with Gasteiger partial charge in [-0.1, -0.05) is 24.3 Å². The second-order valence-corrected chi connectivity index (χ2v) is 8.04. The van der Waals surface area contributed by atoms with Gasteiger partial charge < -0.3 is 5.32 Å². The molecule has 0 saturated carbocycles. The van der Waals surface area contributed by atoms with Gasteiger partial charge in [0.1, 0.15) is 17.6 Å². The molecule has 0 aliphatic rings. The van der Waals surface area contributed by atoms with Crippen LogP contribution in [0.5, 0.6) is 0 Å². The summed E-state index contributed by atoms with van der Waals surface area (Å²) in [7, 11) is 1.39. The van der Waals surface area contributed by atoms with E-state index in [0.717, 1.165) is 24.4 Å². The van der Waals surface area contributed by atoms with Crippen LogP contribution in [0.4, 0.5) is 26.3 Å². The number of alkyl halides is 3. The first-order valence-electron chi connectivity index (χ1n) is 10.7. The number of amides is 1. The van der Waals surface area contributed by atoms with Crippen molar-refractivity contribution in [1.82, 2.24) is 15.6 Å². The van der Waals surface area contributed by atoms with Crippen molar-refractivity contribution in [3.8, 4) is 0 Å². The fourth-order valence-corrected chi connectivity index (χ4v) is 3.64. The summed E-state index contributed by atoms with van der Waals surface area (Å²) in [5.74, 6) is -3.13. The maximum Gasteiger partial charge on any atom is 0.433 e.